The fourth-order valence-corrected chi connectivity index (χ4v) is 2.74. The molecule has 0 fully saturated rings. The molecule has 0 saturated carbocycles. The van der Waals surface area contributed by atoms with E-state index >= 15 is 0 Å². The van der Waals surface area contributed by atoms with Gasteiger partial charge in [0.1, 0.15) is 11.5 Å². The Morgan fingerprint density at radius 2 is 1.59 bits per heavy atom. The van der Waals surface area contributed by atoms with Gasteiger partial charge in [-0.05, 0) is 47.5 Å². The van der Waals surface area contributed by atoms with Gasteiger partial charge < -0.3 is 9.47 Å². The summed E-state index contributed by atoms with van der Waals surface area (Å²) in [6.45, 7) is 4.99. The van der Waals surface area contributed by atoms with E-state index in [0.717, 1.165) is 23.1 Å². The number of halogens is 2. The molecule has 0 saturated heterocycles. The Morgan fingerprint density at radius 3 is 2.34 bits per heavy atom. The van der Waals surface area contributed by atoms with E-state index in [2.05, 4.69) is 0 Å². The number of hydrogen-bond donors (Lipinski definition) is 0. The Balaban J connectivity index is 1.53. The minimum Gasteiger partial charge on any atom is -0.457 e. The van der Waals surface area contributed by atoms with Gasteiger partial charge in [0, 0.05) is 5.41 Å². The molecule has 0 radical (unpaired) electrons. The lowest BCUT2D eigenvalue weighted by Gasteiger charge is -2.20. The second kappa shape index (κ2) is 9.48. The van der Waals surface area contributed by atoms with Crippen molar-refractivity contribution in [1.29, 1.82) is 0 Å². The number of benzene rings is 3. The van der Waals surface area contributed by atoms with Crippen molar-refractivity contribution < 1.29 is 18.3 Å². The fourth-order valence-electron chi connectivity index (χ4n) is 2.74. The maximum atomic E-state index is 13.3. The minimum atomic E-state index is -0.848. The molecule has 0 unspecified atom stereocenters. The number of rotatable bonds is 8. The lowest BCUT2D eigenvalue weighted by atomic mass is 9.93. The molecule has 29 heavy (non-hydrogen) atoms. The summed E-state index contributed by atoms with van der Waals surface area (Å²) >= 11 is 0. The SMILES string of the molecule is CC(C)(C=Cc1ccc(F)c(F)c1)COCc1cccc(Oc2ccccc2)c1. The van der Waals surface area contributed by atoms with Crippen LogP contribution in [0.2, 0.25) is 0 Å². The van der Waals surface area contributed by atoms with Gasteiger partial charge >= 0.3 is 0 Å². The molecule has 0 aliphatic rings. The van der Waals surface area contributed by atoms with Crippen LogP contribution >= 0.6 is 0 Å². The quantitative estimate of drug-likeness (QED) is 0.409. The van der Waals surface area contributed by atoms with Gasteiger partial charge in [-0.15, -0.1) is 0 Å². The van der Waals surface area contributed by atoms with E-state index in [4.69, 9.17) is 9.47 Å². The van der Waals surface area contributed by atoms with Gasteiger partial charge in [0.25, 0.3) is 0 Å². The van der Waals surface area contributed by atoms with Crippen LogP contribution in [0.5, 0.6) is 11.5 Å². The second-order valence-corrected chi connectivity index (χ2v) is 7.55. The molecule has 0 amide bonds. The molecule has 3 aromatic rings. The summed E-state index contributed by atoms with van der Waals surface area (Å²) in [5.74, 6) is -0.147. The summed E-state index contributed by atoms with van der Waals surface area (Å²) in [5.41, 5.74) is 1.37. The second-order valence-electron chi connectivity index (χ2n) is 7.55. The van der Waals surface area contributed by atoms with Crippen molar-refractivity contribution in [3.63, 3.8) is 0 Å². The molecular weight excluding hydrogens is 370 g/mol. The predicted molar refractivity (Wildman–Crippen MR) is 112 cm³/mol. The number of para-hydroxylation sites is 1. The van der Waals surface area contributed by atoms with Crippen LogP contribution in [0.15, 0.2) is 78.9 Å². The van der Waals surface area contributed by atoms with E-state index in [-0.39, 0.29) is 5.41 Å². The van der Waals surface area contributed by atoms with Crippen LogP contribution in [-0.2, 0) is 11.3 Å². The van der Waals surface area contributed by atoms with Crippen LogP contribution in [0, 0.1) is 17.0 Å². The highest BCUT2D eigenvalue weighted by Gasteiger charge is 2.14. The third-order valence-corrected chi connectivity index (χ3v) is 4.29. The molecule has 150 valence electrons. The van der Waals surface area contributed by atoms with E-state index in [1.165, 1.54) is 6.07 Å². The first-order valence-corrected chi connectivity index (χ1v) is 9.45. The lowest BCUT2D eigenvalue weighted by molar-refractivity contribution is 0.0719. The van der Waals surface area contributed by atoms with E-state index in [9.17, 15) is 8.78 Å². The van der Waals surface area contributed by atoms with Gasteiger partial charge in [0.15, 0.2) is 11.6 Å². The fraction of sp³-hybridized carbons (Fsp3) is 0.200. The van der Waals surface area contributed by atoms with E-state index in [0.29, 0.717) is 18.8 Å². The Bertz CT molecular complexity index is 966. The van der Waals surface area contributed by atoms with Gasteiger partial charge in [-0.25, -0.2) is 8.78 Å². The summed E-state index contributed by atoms with van der Waals surface area (Å²) in [5, 5.41) is 0. The summed E-state index contributed by atoms with van der Waals surface area (Å²) < 4.78 is 38.1. The van der Waals surface area contributed by atoms with Gasteiger partial charge in [-0.2, -0.15) is 0 Å². The van der Waals surface area contributed by atoms with E-state index < -0.39 is 11.6 Å². The highest BCUT2D eigenvalue weighted by atomic mass is 19.2. The van der Waals surface area contributed by atoms with Crippen LogP contribution in [0.4, 0.5) is 8.78 Å². The number of ether oxygens (including phenoxy) is 2. The van der Waals surface area contributed by atoms with Gasteiger partial charge in [0.05, 0.1) is 13.2 Å². The number of hydrogen-bond acceptors (Lipinski definition) is 2. The molecule has 0 N–H and O–H groups in total. The molecule has 2 nitrogen and oxygen atoms in total. The monoisotopic (exact) mass is 394 g/mol. The minimum absolute atomic E-state index is 0.261. The van der Waals surface area contributed by atoms with Gasteiger partial charge in [0.2, 0.25) is 0 Å². The first-order valence-electron chi connectivity index (χ1n) is 9.45. The summed E-state index contributed by atoms with van der Waals surface area (Å²) in [6.07, 6.45) is 3.72. The first kappa shape index (κ1) is 20.7. The van der Waals surface area contributed by atoms with Crippen LogP contribution in [0.25, 0.3) is 6.08 Å². The topological polar surface area (TPSA) is 18.5 Å². The highest BCUT2D eigenvalue weighted by Crippen LogP contribution is 2.24. The lowest BCUT2D eigenvalue weighted by Crippen LogP contribution is -2.16. The van der Waals surface area contributed by atoms with Crippen molar-refractivity contribution in [3.8, 4) is 11.5 Å². The highest BCUT2D eigenvalue weighted by molar-refractivity contribution is 5.50. The van der Waals surface area contributed by atoms with E-state index in [1.54, 1.807) is 12.1 Å². The largest absolute Gasteiger partial charge is 0.457 e. The zero-order valence-electron chi connectivity index (χ0n) is 16.6. The molecule has 0 bridgehead atoms. The maximum absolute atomic E-state index is 13.3. The zero-order chi connectivity index (χ0) is 20.7. The van der Waals surface area contributed by atoms with Gasteiger partial charge in [-0.3, -0.25) is 0 Å². The van der Waals surface area contributed by atoms with Crippen LogP contribution in [-0.4, -0.2) is 6.61 Å². The predicted octanol–water partition coefficient (Wildman–Crippen LogP) is 7.01. The summed E-state index contributed by atoms with van der Waals surface area (Å²) in [6, 6.07) is 21.3. The third-order valence-electron chi connectivity index (χ3n) is 4.29. The van der Waals surface area contributed by atoms with E-state index in [1.807, 2.05) is 74.5 Å². The molecule has 4 heteroatoms. The smallest absolute Gasteiger partial charge is 0.159 e. The van der Waals surface area contributed by atoms with Gasteiger partial charge in [-0.1, -0.05) is 62.4 Å². The molecular formula is C25H24F2O2. The Hall–Kier alpha value is -2.98. The molecule has 0 atom stereocenters. The standard InChI is InChI=1S/C25H24F2O2/c1-25(2,14-13-19-11-12-23(26)24(27)16-19)18-28-17-20-7-6-10-22(15-20)29-21-8-4-3-5-9-21/h3-16H,17-18H2,1-2H3. The zero-order valence-corrected chi connectivity index (χ0v) is 16.6. The van der Waals surface area contributed by atoms with Crippen molar-refractivity contribution in [2.24, 2.45) is 5.41 Å². The molecule has 0 heterocycles. The Labute approximate surface area is 170 Å². The molecule has 0 aliphatic heterocycles. The van der Waals surface area contributed by atoms with Crippen LogP contribution in [0.1, 0.15) is 25.0 Å². The average Bonchev–Trinajstić information content (AvgIpc) is 2.70. The van der Waals surface area contributed by atoms with Crippen molar-refractivity contribution in [2.45, 2.75) is 20.5 Å². The first-order chi connectivity index (χ1) is 13.9. The molecule has 3 rings (SSSR count). The molecule has 3 aromatic carbocycles. The van der Waals surface area contributed by atoms with Crippen molar-refractivity contribution >= 4 is 6.08 Å². The summed E-state index contributed by atoms with van der Waals surface area (Å²) in [7, 11) is 0. The molecule has 0 aliphatic carbocycles. The Kier molecular flexibility index (Phi) is 6.78. The summed E-state index contributed by atoms with van der Waals surface area (Å²) in [4.78, 5) is 0. The molecule has 0 spiro atoms. The average molecular weight is 394 g/mol. The van der Waals surface area contributed by atoms with Crippen molar-refractivity contribution in [3.05, 3.63) is 102 Å². The maximum Gasteiger partial charge on any atom is 0.159 e. The van der Waals surface area contributed by atoms with Crippen LogP contribution < -0.4 is 4.74 Å². The normalized spacial score (nSPS) is 11.7. The van der Waals surface area contributed by atoms with Crippen molar-refractivity contribution in [1.82, 2.24) is 0 Å². The third kappa shape index (κ3) is 6.54. The van der Waals surface area contributed by atoms with Crippen molar-refractivity contribution in [2.75, 3.05) is 6.61 Å². The molecule has 0 aromatic heterocycles. The van der Waals surface area contributed by atoms with Crippen LogP contribution in [0.3, 0.4) is 0 Å². The Morgan fingerprint density at radius 1 is 0.828 bits per heavy atom.